The van der Waals surface area contributed by atoms with Gasteiger partial charge in [-0.2, -0.15) is 0 Å². The average Bonchev–Trinajstić information content (AvgIpc) is 2.70. The van der Waals surface area contributed by atoms with Gasteiger partial charge in [0.15, 0.2) is 11.5 Å². The Morgan fingerprint density at radius 2 is 1.37 bits per heavy atom. The third-order valence-corrected chi connectivity index (χ3v) is 4.95. The summed E-state index contributed by atoms with van der Waals surface area (Å²) in [5.74, 6) is 1.82. The molecule has 27 heavy (non-hydrogen) atoms. The second-order valence-corrected chi connectivity index (χ2v) is 6.68. The van der Waals surface area contributed by atoms with Crippen molar-refractivity contribution in [1.82, 2.24) is 9.80 Å². The van der Waals surface area contributed by atoms with Crippen molar-refractivity contribution >= 4 is 0 Å². The molecule has 5 nitrogen and oxygen atoms in total. The Bertz CT molecular complexity index is 736. The smallest absolute Gasteiger partial charge is 0.203 e. The van der Waals surface area contributed by atoms with E-state index in [2.05, 4.69) is 9.80 Å². The van der Waals surface area contributed by atoms with Gasteiger partial charge in [-0.3, -0.25) is 9.80 Å². The number of ether oxygens (including phenoxy) is 3. The van der Waals surface area contributed by atoms with Gasteiger partial charge in [0, 0.05) is 44.8 Å². The zero-order valence-electron chi connectivity index (χ0n) is 16.2. The zero-order valence-corrected chi connectivity index (χ0v) is 16.2. The van der Waals surface area contributed by atoms with E-state index in [0.29, 0.717) is 23.8 Å². The number of benzene rings is 2. The van der Waals surface area contributed by atoms with Crippen LogP contribution in [0.2, 0.25) is 0 Å². The summed E-state index contributed by atoms with van der Waals surface area (Å²) in [6, 6.07) is 11.0. The summed E-state index contributed by atoms with van der Waals surface area (Å²) in [7, 11) is 4.86. The van der Waals surface area contributed by atoms with E-state index in [-0.39, 0.29) is 5.82 Å². The quantitative estimate of drug-likeness (QED) is 0.744. The maximum absolute atomic E-state index is 13.8. The standard InChI is InChI=1S/C21H27FN2O3/c1-25-19-12-16(13-20(26-2)21(19)27-3)14-23-8-10-24(11-9-23)15-17-6-4-5-7-18(17)22/h4-7,12-13H,8-11,14-15H2,1-3H3. The Morgan fingerprint density at radius 3 is 1.89 bits per heavy atom. The molecule has 0 aliphatic carbocycles. The van der Waals surface area contributed by atoms with Crippen LogP contribution in [-0.2, 0) is 13.1 Å². The number of hydrogen-bond acceptors (Lipinski definition) is 5. The van der Waals surface area contributed by atoms with Crippen molar-refractivity contribution in [2.75, 3.05) is 47.5 Å². The molecule has 0 atom stereocenters. The first-order valence-electron chi connectivity index (χ1n) is 9.11. The van der Waals surface area contributed by atoms with Gasteiger partial charge in [0.2, 0.25) is 5.75 Å². The van der Waals surface area contributed by atoms with Crippen molar-refractivity contribution in [3.8, 4) is 17.2 Å². The molecule has 0 radical (unpaired) electrons. The van der Waals surface area contributed by atoms with E-state index in [1.807, 2.05) is 24.3 Å². The molecule has 1 heterocycles. The normalized spacial score (nSPS) is 15.6. The van der Waals surface area contributed by atoms with Crippen LogP contribution in [0.1, 0.15) is 11.1 Å². The second-order valence-electron chi connectivity index (χ2n) is 6.68. The fourth-order valence-corrected chi connectivity index (χ4v) is 3.46. The lowest BCUT2D eigenvalue weighted by Gasteiger charge is -2.35. The lowest BCUT2D eigenvalue weighted by Crippen LogP contribution is -2.45. The minimum Gasteiger partial charge on any atom is -0.493 e. The molecular weight excluding hydrogens is 347 g/mol. The summed E-state index contributed by atoms with van der Waals surface area (Å²) < 4.78 is 30.1. The van der Waals surface area contributed by atoms with Crippen LogP contribution in [0.15, 0.2) is 36.4 Å². The Labute approximate surface area is 160 Å². The minimum atomic E-state index is -0.127. The molecule has 0 aromatic heterocycles. The maximum Gasteiger partial charge on any atom is 0.203 e. The molecule has 6 heteroatoms. The molecule has 0 spiro atoms. The number of methoxy groups -OCH3 is 3. The summed E-state index contributed by atoms with van der Waals surface area (Å²) in [6.07, 6.45) is 0. The number of piperazine rings is 1. The number of rotatable bonds is 7. The van der Waals surface area contributed by atoms with Gasteiger partial charge in [-0.1, -0.05) is 18.2 Å². The highest BCUT2D eigenvalue weighted by Gasteiger charge is 2.20. The van der Waals surface area contributed by atoms with E-state index in [4.69, 9.17) is 14.2 Å². The Morgan fingerprint density at radius 1 is 0.815 bits per heavy atom. The van der Waals surface area contributed by atoms with E-state index in [9.17, 15) is 4.39 Å². The largest absolute Gasteiger partial charge is 0.493 e. The van der Waals surface area contributed by atoms with Gasteiger partial charge in [-0.25, -0.2) is 4.39 Å². The van der Waals surface area contributed by atoms with Crippen molar-refractivity contribution in [3.63, 3.8) is 0 Å². The number of halogens is 1. The van der Waals surface area contributed by atoms with Gasteiger partial charge in [0.25, 0.3) is 0 Å². The van der Waals surface area contributed by atoms with Gasteiger partial charge < -0.3 is 14.2 Å². The minimum absolute atomic E-state index is 0.127. The fourth-order valence-electron chi connectivity index (χ4n) is 3.46. The molecule has 146 valence electrons. The Balaban J connectivity index is 1.60. The molecule has 0 amide bonds. The van der Waals surface area contributed by atoms with Crippen LogP contribution in [-0.4, -0.2) is 57.3 Å². The molecule has 1 saturated heterocycles. The number of nitrogens with zero attached hydrogens (tertiary/aromatic N) is 2. The molecule has 1 fully saturated rings. The number of hydrogen-bond donors (Lipinski definition) is 0. The lowest BCUT2D eigenvalue weighted by atomic mass is 10.1. The second kappa shape index (κ2) is 9.06. The van der Waals surface area contributed by atoms with Gasteiger partial charge in [-0.05, 0) is 23.8 Å². The third kappa shape index (κ3) is 4.70. The molecule has 3 rings (SSSR count). The maximum atomic E-state index is 13.8. The van der Waals surface area contributed by atoms with Crippen molar-refractivity contribution in [1.29, 1.82) is 0 Å². The van der Waals surface area contributed by atoms with E-state index in [1.165, 1.54) is 6.07 Å². The first-order valence-corrected chi connectivity index (χ1v) is 9.11. The molecule has 1 aliphatic heterocycles. The van der Waals surface area contributed by atoms with Gasteiger partial charge in [0.05, 0.1) is 21.3 Å². The van der Waals surface area contributed by atoms with Crippen LogP contribution < -0.4 is 14.2 Å². The molecule has 2 aromatic rings. The molecular formula is C21H27FN2O3. The molecule has 1 aliphatic rings. The van der Waals surface area contributed by atoms with Crippen molar-refractivity contribution in [3.05, 3.63) is 53.3 Å². The highest BCUT2D eigenvalue weighted by atomic mass is 19.1. The molecule has 0 unspecified atom stereocenters. The highest BCUT2D eigenvalue weighted by molar-refractivity contribution is 5.53. The van der Waals surface area contributed by atoms with Gasteiger partial charge in [-0.15, -0.1) is 0 Å². The summed E-state index contributed by atoms with van der Waals surface area (Å²) in [5, 5.41) is 0. The summed E-state index contributed by atoms with van der Waals surface area (Å²) in [4.78, 5) is 4.68. The van der Waals surface area contributed by atoms with Crippen molar-refractivity contribution in [2.24, 2.45) is 0 Å². The van der Waals surface area contributed by atoms with Crippen LogP contribution in [0.4, 0.5) is 4.39 Å². The van der Waals surface area contributed by atoms with Gasteiger partial charge >= 0.3 is 0 Å². The Kier molecular flexibility index (Phi) is 6.53. The zero-order chi connectivity index (χ0) is 19.2. The summed E-state index contributed by atoms with van der Waals surface area (Å²) >= 11 is 0. The van der Waals surface area contributed by atoms with Crippen LogP contribution in [0.25, 0.3) is 0 Å². The molecule has 0 bridgehead atoms. The molecule has 0 N–H and O–H groups in total. The monoisotopic (exact) mass is 374 g/mol. The molecule has 2 aromatic carbocycles. The SMILES string of the molecule is COc1cc(CN2CCN(Cc3ccccc3F)CC2)cc(OC)c1OC. The van der Waals surface area contributed by atoms with Crippen molar-refractivity contribution in [2.45, 2.75) is 13.1 Å². The first-order chi connectivity index (χ1) is 13.1. The molecule has 0 saturated carbocycles. The summed E-state index contributed by atoms with van der Waals surface area (Å²) in [6.45, 7) is 5.17. The van der Waals surface area contributed by atoms with Crippen LogP contribution >= 0.6 is 0 Å². The van der Waals surface area contributed by atoms with Gasteiger partial charge in [0.1, 0.15) is 5.82 Å². The van der Waals surface area contributed by atoms with E-state index in [0.717, 1.165) is 43.9 Å². The average molecular weight is 374 g/mol. The van der Waals surface area contributed by atoms with E-state index < -0.39 is 0 Å². The Hall–Kier alpha value is -2.31. The van der Waals surface area contributed by atoms with E-state index in [1.54, 1.807) is 27.4 Å². The predicted molar refractivity (Wildman–Crippen MR) is 103 cm³/mol. The first kappa shape index (κ1) is 19.5. The highest BCUT2D eigenvalue weighted by Crippen LogP contribution is 2.38. The third-order valence-electron chi connectivity index (χ3n) is 4.95. The predicted octanol–water partition coefficient (Wildman–Crippen LogP) is 3.17. The fraction of sp³-hybridized carbons (Fsp3) is 0.429. The van der Waals surface area contributed by atoms with Crippen LogP contribution in [0.3, 0.4) is 0 Å². The lowest BCUT2D eigenvalue weighted by molar-refractivity contribution is 0.121. The van der Waals surface area contributed by atoms with Crippen molar-refractivity contribution < 1.29 is 18.6 Å². The topological polar surface area (TPSA) is 34.2 Å². The van der Waals surface area contributed by atoms with Crippen LogP contribution in [0.5, 0.6) is 17.2 Å². The van der Waals surface area contributed by atoms with E-state index >= 15 is 0 Å². The summed E-state index contributed by atoms with van der Waals surface area (Å²) in [5.41, 5.74) is 1.88. The van der Waals surface area contributed by atoms with Crippen LogP contribution in [0, 0.1) is 5.82 Å².